The molecule has 3 rings (SSSR count). The number of halogens is 1. The first-order chi connectivity index (χ1) is 6.14. The normalized spacial score (nSPS) is 58.8. The molecular weight excluding hydrogens is 228 g/mol. The van der Waals surface area contributed by atoms with Crippen LogP contribution in [0.3, 0.4) is 0 Å². The van der Waals surface area contributed by atoms with Crippen LogP contribution in [0.5, 0.6) is 0 Å². The molecule has 2 heteroatoms. The van der Waals surface area contributed by atoms with Crippen LogP contribution in [0.25, 0.3) is 0 Å². The van der Waals surface area contributed by atoms with Gasteiger partial charge in [0.2, 0.25) is 0 Å². The molecule has 0 saturated heterocycles. The molecule has 4 bridgehead atoms. The Morgan fingerprint density at radius 3 is 2.62 bits per heavy atom. The highest BCUT2D eigenvalue weighted by Gasteiger charge is 2.66. The summed E-state index contributed by atoms with van der Waals surface area (Å²) in [5.41, 5.74) is 0.519. The van der Waals surface area contributed by atoms with E-state index in [-0.39, 0.29) is 4.83 Å². The standard InChI is InChI=1S/C11H15BrO/c1-11-5-8(12)10(13)9-6(11)3-2-4-7(9)11/h6-9H,2-5H2,1H3. The van der Waals surface area contributed by atoms with Gasteiger partial charge >= 0.3 is 0 Å². The molecule has 0 aromatic carbocycles. The molecule has 3 unspecified atom stereocenters. The zero-order valence-electron chi connectivity index (χ0n) is 7.92. The van der Waals surface area contributed by atoms with E-state index in [1.807, 2.05) is 0 Å². The smallest absolute Gasteiger partial charge is 0.150 e. The number of carbonyl (C=O) groups excluding carboxylic acids is 1. The lowest BCUT2D eigenvalue weighted by atomic mass is 9.37. The van der Waals surface area contributed by atoms with Gasteiger partial charge in [-0.2, -0.15) is 0 Å². The number of ketones is 1. The van der Waals surface area contributed by atoms with E-state index >= 15 is 0 Å². The minimum atomic E-state index is 0.174. The fraction of sp³-hybridized carbons (Fsp3) is 0.909. The molecule has 0 radical (unpaired) electrons. The van der Waals surface area contributed by atoms with Gasteiger partial charge in [0.1, 0.15) is 5.78 Å². The van der Waals surface area contributed by atoms with Crippen LogP contribution in [0.2, 0.25) is 0 Å². The van der Waals surface area contributed by atoms with Crippen molar-refractivity contribution < 1.29 is 4.79 Å². The van der Waals surface area contributed by atoms with Crippen molar-refractivity contribution in [1.29, 1.82) is 0 Å². The highest BCUT2D eigenvalue weighted by Crippen LogP contribution is 2.69. The Labute approximate surface area is 87.4 Å². The van der Waals surface area contributed by atoms with Gasteiger partial charge in [0.15, 0.2) is 0 Å². The van der Waals surface area contributed by atoms with Crippen LogP contribution in [-0.2, 0) is 4.79 Å². The van der Waals surface area contributed by atoms with Gasteiger partial charge in [-0.05, 0) is 36.5 Å². The molecule has 13 heavy (non-hydrogen) atoms. The lowest BCUT2D eigenvalue weighted by molar-refractivity contribution is -0.188. The monoisotopic (exact) mass is 242 g/mol. The third-order valence-corrected chi connectivity index (χ3v) is 5.62. The number of rotatable bonds is 0. The molecule has 0 aliphatic heterocycles. The number of carbonyl (C=O) groups is 1. The van der Waals surface area contributed by atoms with Gasteiger partial charge < -0.3 is 0 Å². The topological polar surface area (TPSA) is 17.1 Å². The molecule has 0 heterocycles. The largest absolute Gasteiger partial charge is 0.298 e. The summed E-state index contributed by atoms with van der Waals surface area (Å²) >= 11 is 3.52. The summed E-state index contributed by atoms with van der Waals surface area (Å²) in [6.07, 6.45) is 5.07. The van der Waals surface area contributed by atoms with E-state index in [0.29, 0.717) is 17.1 Å². The van der Waals surface area contributed by atoms with Gasteiger partial charge in [-0.25, -0.2) is 0 Å². The van der Waals surface area contributed by atoms with E-state index < -0.39 is 0 Å². The fourth-order valence-electron chi connectivity index (χ4n) is 4.23. The van der Waals surface area contributed by atoms with Gasteiger partial charge in [-0.3, -0.25) is 4.79 Å². The Kier molecular flexibility index (Phi) is 1.55. The maximum absolute atomic E-state index is 11.9. The van der Waals surface area contributed by atoms with E-state index in [9.17, 15) is 4.79 Å². The van der Waals surface area contributed by atoms with Crippen molar-refractivity contribution in [3.63, 3.8) is 0 Å². The first-order valence-corrected chi connectivity index (χ1v) is 6.24. The first-order valence-electron chi connectivity index (χ1n) is 5.32. The molecule has 3 fully saturated rings. The van der Waals surface area contributed by atoms with Crippen LogP contribution in [0.1, 0.15) is 32.6 Å². The Hall–Kier alpha value is 0.150. The summed E-state index contributed by atoms with van der Waals surface area (Å²) in [5, 5.41) is 0. The van der Waals surface area contributed by atoms with Crippen LogP contribution in [0, 0.1) is 23.2 Å². The average molecular weight is 243 g/mol. The first kappa shape index (κ1) is 8.46. The van der Waals surface area contributed by atoms with Gasteiger partial charge in [-0.1, -0.05) is 29.3 Å². The summed E-state index contributed by atoms with van der Waals surface area (Å²) < 4.78 is 0. The van der Waals surface area contributed by atoms with Crippen LogP contribution < -0.4 is 0 Å². The van der Waals surface area contributed by atoms with Gasteiger partial charge in [0.05, 0.1) is 4.83 Å². The van der Waals surface area contributed by atoms with Crippen molar-refractivity contribution in [2.24, 2.45) is 23.2 Å². The van der Waals surface area contributed by atoms with Crippen LogP contribution in [0.15, 0.2) is 0 Å². The third kappa shape index (κ3) is 0.817. The summed E-state index contributed by atoms with van der Waals surface area (Å²) in [6, 6.07) is 0. The second kappa shape index (κ2) is 2.39. The molecule has 0 N–H and O–H groups in total. The van der Waals surface area contributed by atoms with Crippen molar-refractivity contribution in [1.82, 2.24) is 0 Å². The highest BCUT2D eigenvalue weighted by molar-refractivity contribution is 9.10. The van der Waals surface area contributed by atoms with Crippen LogP contribution in [0.4, 0.5) is 0 Å². The van der Waals surface area contributed by atoms with Crippen molar-refractivity contribution in [2.75, 3.05) is 0 Å². The molecule has 0 aromatic heterocycles. The number of fused-ring (bicyclic) bond motifs is 1. The Morgan fingerprint density at radius 2 is 2.00 bits per heavy atom. The van der Waals surface area contributed by atoms with Crippen LogP contribution >= 0.6 is 15.9 Å². The minimum Gasteiger partial charge on any atom is -0.298 e. The Balaban J connectivity index is 1.97. The fourth-order valence-corrected chi connectivity index (χ4v) is 5.23. The van der Waals surface area contributed by atoms with Gasteiger partial charge in [0, 0.05) is 5.92 Å². The van der Waals surface area contributed by atoms with Crippen molar-refractivity contribution in [3.8, 4) is 0 Å². The zero-order valence-corrected chi connectivity index (χ0v) is 9.51. The molecule has 1 nitrogen and oxygen atoms in total. The summed E-state index contributed by atoms with van der Waals surface area (Å²) in [4.78, 5) is 12.0. The second-order valence-corrected chi connectivity index (χ2v) is 6.35. The van der Waals surface area contributed by atoms with E-state index in [4.69, 9.17) is 0 Å². The number of alkyl halides is 1. The summed E-state index contributed by atoms with van der Waals surface area (Å²) in [7, 11) is 0. The second-order valence-electron chi connectivity index (χ2n) is 5.25. The third-order valence-electron chi connectivity index (χ3n) is 4.85. The predicted molar refractivity (Wildman–Crippen MR) is 54.8 cm³/mol. The number of Topliss-reactive ketones (excluding diaryl/α,β-unsaturated/α-hetero) is 1. The Bertz CT molecular complexity index is 261. The maximum atomic E-state index is 11.9. The lowest BCUT2D eigenvalue weighted by Crippen LogP contribution is -2.66. The van der Waals surface area contributed by atoms with Crippen molar-refractivity contribution in [2.45, 2.75) is 37.4 Å². The lowest BCUT2D eigenvalue weighted by Gasteiger charge is -2.67. The maximum Gasteiger partial charge on any atom is 0.150 e. The van der Waals surface area contributed by atoms with E-state index in [1.54, 1.807) is 0 Å². The summed E-state index contributed by atoms with van der Waals surface area (Å²) in [6.45, 7) is 2.40. The highest BCUT2D eigenvalue weighted by atomic mass is 79.9. The van der Waals surface area contributed by atoms with E-state index in [2.05, 4.69) is 22.9 Å². The molecule has 3 aliphatic carbocycles. The number of hydrogen-bond donors (Lipinski definition) is 0. The number of hydrogen-bond acceptors (Lipinski definition) is 1. The Morgan fingerprint density at radius 1 is 1.38 bits per heavy atom. The molecule has 3 aliphatic rings. The zero-order chi connectivity index (χ0) is 9.22. The minimum absolute atomic E-state index is 0.174. The SMILES string of the molecule is CC12CC(Br)C(=O)C3C1CCCC32. The van der Waals surface area contributed by atoms with Gasteiger partial charge in [-0.15, -0.1) is 0 Å². The molecule has 3 atom stereocenters. The molecule has 0 aromatic rings. The molecule has 0 spiro atoms. The quantitative estimate of drug-likeness (QED) is 0.598. The van der Waals surface area contributed by atoms with Crippen molar-refractivity contribution in [3.05, 3.63) is 0 Å². The summed E-state index contributed by atoms with van der Waals surface area (Å²) in [5.74, 6) is 2.44. The molecule has 3 saturated carbocycles. The van der Waals surface area contributed by atoms with Crippen molar-refractivity contribution >= 4 is 21.7 Å². The van der Waals surface area contributed by atoms with Crippen LogP contribution in [-0.4, -0.2) is 10.6 Å². The molecule has 0 amide bonds. The van der Waals surface area contributed by atoms with Gasteiger partial charge in [0.25, 0.3) is 0 Å². The molecule has 72 valence electrons. The molecular formula is C11H15BrO. The predicted octanol–water partition coefficient (Wildman–Crippen LogP) is 2.78. The average Bonchev–Trinajstić information content (AvgIpc) is 2.13. The van der Waals surface area contributed by atoms with E-state index in [1.165, 1.54) is 19.3 Å². The van der Waals surface area contributed by atoms with E-state index in [0.717, 1.165) is 18.3 Å².